The molecule has 0 unspecified atom stereocenters. The van der Waals surface area contributed by atoms with Crippen LogP contribution in [0.5, 0.6) is 0 Å². The third kappa shape index (κ3) is 7.29. The summed E-state index contributed by atoms with van der Waals surface area (Å²) < 4.78 is 4.73. The van der Waals surface area contributed by atoms with E-state index in [4.69, 9.17) is 4.74 Å². The zero-order chi connectivity index (χ0) is 8.53. The second-order valence-corrected chi connectivity index (χ2v) is 2.11. The molecule has 0 amide bonds. The summed E-state index contributed by atoms with van der Waals surface area (Å²) in [6.07, 6.45) is 1.27. The lowest BCUT2D eigenvalue weighted by Crippen LogP contribution is -2.23. The van der Waals surface area contributed by atoms with Crippen LogP contribution in [0.25, 0.3) is 0 Å². The summed E-state index contributed by atoms with van der Waals surface area (Å²) in [7, 11) is 1.59. The van der Waals surface area contributed by atoms with E-state index >= 15 is 0 Å². The average Bonchev–Trinajstić information content (AvgIpc) is 1.99. The Morgan fingerprint density at radius 3 is 2.82 bits per heavy atom. The first kappa shape index (κ1) is 10.4. The molecule has 0 aromatic carbocycles. The molecular weight excluding hydrogens is 146 g/mol. The Balaban J connectivity index is 3.04. The minimum Gasteiger partial charge on any atom is -0.383 e. The molecule has 0 heterocycles. The van der Waals surface area contributed by atoms with E-state index in [-0.39, 0.29) is 5.97 Å². The molecular formula is C7H15NO3. The fourth-order valence-electron chi connectivity index (χ4n) is 0.530. The van der Waals surface area contributed by atoms with Crippen LogP contribution >= 0.6 is 0 Å². The lowest BCUT2D eigenvalue weighted by Gasteiger charge is -2.03. The second kappa shape index (κ2) is 7.50. The van der Waals surface area contributed by atoms with Crippen LogP contribution in [-0.4, -0.2) is 26.2 Å². The smallest absolute Gasteiger partial charge is 0.324 e. The molecule has 0 saturated carbocycles. The lowest BCUT2D eigenvalue weighted by molar-refractivity contribution is -0.151. The number of hydrogen-bond acceptors (Lipinski definition) is 4. The van der Waals surface area contributed by atoms with E-state index in [1.54, 1.807) is 7.11 Å². The Labute approximate surface area is 66.8 Å². The quantitative estimate of drug-likeness (QED) is 0.454. The minimum atomic E-state index is -0.219. The number of rotatable bonds is 6. The Kier molecular flexibility index (Phi) is 7.08. The van der Waals surface area contributed by atoms with E-state index in [0.29, 0.717) is 19.6 Å². The van der Waals surface area contributed by atoms with Gasteiger partial charge in [0.2, 0.25) is 0 Å². The first-order chi connectivity index (χ1) is 5.31. The van der Waals surface area contributed by atoms with Gasteiger partial charge >= 0.3 is 5.97 Å². The molecule has 0 rings (SSSR count). The molecule has 0 radical (unpaired) electrons. The highest BCUT2D eigenvalue weighted by Crippen LogP contribution is 1.87. The summed E-state index contributed by atoms with van der Waals surface area (Å²) in [6, 6.07) is 0. The maximum atomic E-state index is 10.7. The van der Waals surface area contributed by atoms with Gasteiger partial charge in [0.05, 0.1) is 13.2 Å². The van der Waals surface area contributed by atoms with Gasteiger partial charge in [0.15, 0.2) is 0 Å². The second-order valence-electron chi connectivity index (χ2n) is 2.11. The van der Waals surface area contributed by atoms with Crippen molar-refractivity contribution in [2.75, 3.05) is 20.3 Å². The number of ether oxygens (including phenoxy) is 1. The van der Waals surface area contributed by atoms with Crippen LogP contribution in [0.1, 0.15) is 19.8 Å². The summed E-state index contributed by atoms with van der Waals surface area (Å²) in [5.74, 6) is -0.219. The van der Waals surface area contributed by atoms with E-state index in [0.717, 1.165) is 6.42 Å². The minimum absolute atomic E-state index is 0.219. The van der Waals surface area contributed by atoms with Crippen LogP contribution in [0.3, 0.4) is 0 Å². The van der Waals surface area contributed by atoms with E-state index in [1.807, 2.05) is 6.92 Å². The van der Waals surface area contributed by atoms with Crippen molar-refractivity contribution in [2.24, 2.45) is 0 Å². The maximum Gasteiger partial charge on any atom is 0.324 e. The Morgan fingerprint density at radius 2 is 2.27 bits per heavy atom. The van der Waals surface area contributed by atoms with E-state index in [9.17, 15) is 4.79 Å². The van der Waals surface area contributed by atoms with Gasteiger partial charge in [-0.3, -0.25) is 4.79 Å². The molecule has 0 aromatic heterocycles. The molecule has 0 aliphatic heterocycles. The largest absolute Gasteiger partial charge is 0.383 e. The van der Waals surface area contributed by atoms with Crippen molar-refractivity contribution in [3.8, 4) is 0 Å². The summed E-state index contributed by atoms with van der Waals surface area (Å²) >= 11 is 0. The van der Waals surface area contributed by atoms with Crippen LogP contribution in [-0.2, 0) is 14.4 Å². The molecule has 0 aliphatic carbocycles. The van der Waals surface area contributed by atoms with Crippen LogP contribution in [0.15, 0.2) is 0 Å². The first-order valence-electron chi connectivity index (χ1n) is 3.72. The van der Waals surface area contributed by atoms with Crippen LogP contribution in [0.4, 0.5) is 0 Å². The zero-order valence-corrected chi connectivity index (χ0v) is 7.05. The molecule has 0 spiro atoms. The fourth-order valence-corrected chi connectivity index (χ4v) is 0.530. The van der Waals surface area contributed by atoms with E-state index < -0.39 is 0 Å². The molecule has 4 heteroatoms. The summed E-state index contributed by atoms with van der Waals surface area (Å²) in [5, 5.41) is 0. The molecule has 11 heavy (non-hydrogen) atoms. The van der Waals surface area contributed by atoms with Crippen molar-refractivity contribution in [3.63, 3.8) is 0 Å². The monoisotopic (exact) mass is 161 g/mol. The number of carbonyl (C=O) groups excluding carboxylic acids is 1. The Morgan fingerprint density at radius 1 is 1.55 bits per heavy atom. The molecule has 1 N–H and O–H groups in total. The molecule has 0 atom stereocenters. The number of hydroxylamine groups is 1. The third-order valence-corrected chi connectivity index (χ3v) is 1.05. The molecule has 66 valence electrons. The van der Waals surface area contributed by atoms with Crippen molar-refractivity contribution in [2.45, 2.75) is 19.8 Å². The Bertz CT molecular complexity index is 106. The number of carbonyl (C=O) groups is 1. The predicted octanol–water partition coefficient (Wildman–Crippen LogP) is 0.481. The van der Waals surface area contributed by atoms with Gasteiger partial charge in [0, 0.05) is 13.5 Å². The van der Waals surface area contributed by atoms with Crippen molar-refractivity contribution >= 4 is 5.97 Å². The van der Waals surface area contributed by atoms with Gasteiger partial charge in [-0.05, 0) is 6.42 Å². The summed E-state index contributed by atoms with van der Waals surface area (Å²) in [4.78, 5) is 15.3. The SMILES string of the molecule is CCCC(=O)ONCCOC. The maximum absolute atomic E-state index is 10.7. The molecule has 0 aromatic rings. The zero-order valence-electron chi connectivity index (χ0n) is 7.05. The van der Waals surface area contributed by atoms with E-state index in [1.165, 1.54) is 0 Å². The normalized spacial score (nSPS) is 9.64. The standard InChI is InChI=1S/C7H15NO3/c1-3-4-7(9)11-8-5-6-10-2/h8H,3-6H2,1-2H3. The summed E-state index contributed by atoms with van der Waals surface area (Å²) in [5.41, 5.74) is 2.50. The van der Waals surface area contributed by atoms with Crippen LogP contribution < -0.4 is 5.48 Å². The van der Waals surface area contributed by atoms with Gasteiger partial charge in [-0.15, -0.1) is 0 Å². The van der Waals surface area contributed by atoms with Crippen molar-refractivity contribution < 1.29 is 14.4 Å². The van der Waals surface area contributed by atoms with Gasteiger partial charge in [-0.2, -0.15) is 5.48 Å². The number of nitrogens with one attached hydrogen (secondary N) is 1. The predicted molar refractivity (Wildman–Crippen MR) is 40.9 cm³/mol. The topological polar surface area (TPSA) is 47.6 Å². The van der Waals surface area contributed by atoms with Gasteiger partial charge in [-0.25, -0.2) is 0 Å². The fraction of sp³-hybridized carbons (Fsp3) is 0.857. The molecule has 4 nitrogen and oxygen atoms in total. The highest BCUT2D eigenvalue weighted by Gasteiger charge is 1.98. The highest BCUT2D eigenvalue weighted by molar-refractivity contribution is 5.68. The molecule has 0 aliphatic rings. The molecule has 0 bridgehead atoms. The van der Waals surface area contributed by atoms with E-state index in [2.05, 4.69) is 10.3 Å². The highest BCUT2D eigenvalue weighted by atomic mass is 16.7. The Hall–Kier alpha value is -0.610. The van der Waals surface area contributed by atoms with Gasteiger partial charge in [-0.1, -0.05) is 6.92 Å². The van der Waals surface area contributed by atoms with Crippen molar-refractivity contribution in [1.29, 1.82) is 0 Å². The van der Waals surface area contributed by atoms with Gasteiger partial charge in [0.25, 0.3) is 0 Å². The van der Waals surface area contributed by atoms with Crippen molar-refractivity contribution in [1.82, 2.24) is 5.48 Å². The van der Waals surface area contributed by atoms with Crippen LogP contribution in [0, 0.1) is 0 Å². The lowest BCUT2D eigenvalue weighted by atomic mass is 10.3. The number of methoxy groups -OCH3 is 1. The number of hydrogen-bond donors (Lipinski definition) is 1. The van der Waals surface area contributed by atoms with Crippen LogP contribution in [0.2, 0.25) is 0 Å². The average molecular weight is 161 g/mol. The summed E-state index contributed by atoms with van der Waals surface area (Å²) in [6.45, 7) is 3.00. The third-order valence-electron chi connectivity index (χ3n) is 1.05. The van der Waals surface area contributed by atoms with Gasteiger partial charge < -0.3 is 9.57 Å². The molecule has 0 saturated heterocycles. The van der Waals surface area contributed by atoms with Crippen molar-refractivity contribution in [3.05, 3.63) is 0 Å². The first-order valence-corrected chi connectivity index (χ1v) is 3.72. The van der Waals surface area contributed by atoms with Gasteiger partial charge in [0.1, 0.15) is 0 Å². The molecule has 0 fully saturated rings.